The van der Waals surface area contributed by atoms with Gasteiger partial charge in [0.05, 0.1) is 0 Å². The van der Waals surface area contributed by atoms with E-state index in [1.165, 1.54) is 12.8 Å². The highest BCUT2D eigenvalue weighted by atomic mass is 35.5. The first-order valence-corrected chi connectivity index (χ1v) is 6.25. The monoisotopic (exact) mass is 252 g/mol. The van der Waals surface area contributed by atoms with Gasteiger partial charge in [0.25, 0.3) is 5.91 Å². The Morgan fingerprint density at radius 3 is 2.94 bits per heavy atom. The zero-order chi connectivity index (χ0) is 12.4. The number of nitrogens with two attached hydrogens (primary N) is 1. The molecule has 1 atom stereocenters. The zero-order valence-corrected chi connectivity index (χ0v) is 10.6. The molecule has 0 spiro atoms. The van der Waals surface area contributed by atoms with Gasteiger partial charge in [0.1, 0.15) is 0 Å². The molecule has 0 aromatic heterocycles. The summed E-state index contributed by atoms with van der Waals surface area (Å²) in [5.74, 6) is 0.497. The highest BCUT2D eigenvalue weighted by Crippen LogP contribution is 2.31. The van der Waals surface area contributed by atoms with E-state index in [0.717, 1.165) is 5.56 Å². The summed E-state index contributed by atoms with van der Waals surface area (Å²) in [6.45, 7) is 2.43. The quantitative estimate of drug-likeness (QED) is 0.863. The summed E-state index contributed by atoms with van der Waals surface area (Å²) in [4.78, 5) is 11.9. The Morgan fingerprint density at radius 1 is 1.59 bits per heavy atom. The maximum Gasteiger partial charge on any atom is 0.251 e. The van der Waals surface area contributed by atoms with Crippen LogP contribution in [0.25, 0.3) is 0 Å². The molecule has 0 heterocycles. The molecule has 17 heavy (non-hydrogen) atoms. The number of carbonyl (C=O) groups is 1. The normalized spacial score (nSPS) is 16.6. The lowest BCUT2D eigenvalue weighted by atomic mass is 10.1. The predicted octanol–water partition coefficient (Wildman–Crippen LogP) is 2.12. The van der Waals surface area contributed by atoms with Crippen LogP contribution in [0.4, 0.5) is 0 Å². The second-order valence-electron chi connectivity index (χ2n) is 4.67. The molecule has 1 amide bonds. The number of carbonyl (C=O) groups excluding carboxylic acids is 1. The molecule has 0 radical (unpaired) electrons. The highest BCUT2D eigenvalue weighted by molar-refractivity contribution is 6.31. The van der Waals surface area contributed by atoms with Crippen molar-refractivity contribution in [1.82, 2.24) is 5.32 Å². The minimum absolute atomic E-state index is 0.0819. The van der Waals surface area contributed by atoms with Crippen molar-refractivity contribution in [3.8, 4) is 0 Å². The third-order valence-corrected chi connectivity index (χ3v) is 3.41. The average Bonchev–Trinajstić information content (AvgIpc) is 3.12. The van der Waals surface area contributed by atoms with Crippen LogP contribution in [0.3, 0.4) is 0 Å². The SMILES string of the molecule is Cc1ccc(Cl)cc1C(=O)NCC(N)C1CC1. The van der Waals surface area contributed by atoms with Gasteiger partial charge in [-0.05, 0) is 43.4 Å². The standard InChI is InChI=1S/C13H17ClN2O/c1-8-2-5-10(14)6-11(8)13(17)16-7-12(15)9-3-4-9/h2,5-6,9,12H,3-4,7,15H2,1H3,(H,16,17). The van der Waals surface area contributed by atoms with Gasteiger partial charge < -0.3 is 11.1 Å². The molecule has 1 aliphatic rings. The van der Waals surface area contributed by atoms with E-state index in [0.29, 0.717) is 23.0 Å². The molecule has 1 saturated carbocycles. The van der Waals surface area contributed by atoms with Gasteiger partial charge in [-0.2, -0.15) is 0 Å². The van der Waals surface area contributed by atoms with E-state index >= 15 is 0 Å². The Hall–Kier alpha value is -1.06. The third-order valence-electron chi connectivity index (χ3n) is 3.17. The molecular formula is C13H17ClN2O. The van der Waals surface area contributed by atoms with Gasteiger partial charge >= 0.3 is 0 Å². The number of hydrogen-bond acceptors (Lipinski definition) is 2. The average molecular weight is 253 g/mol. The van der Waals surface area contributed by atoms with Gasteiger partial charge in [0.15, 0.2) is 0 Å². The summed E-state index contributed by atoms with van der Waals surface area (Å²) in [6.07, 6.45) is 2.38. The smallest absolute Gasteiger partial charge is 0.251 e. The molecule has 1 aromatic carbocycles. The van der Waals surface area contributed by atoms with Gasteiger partial charge in [0.2, 0.25) is 0 Å². The predicted molar refractivity (Wildman–Crippen MR) is 69.2 cm³/mol. The van der Waals surface area contributed by atoms with Gasteiger partial charge in [-0.1, -0.05) is 17.7 Å². The van der Waals surface area contributed by atoms with E-state index < -0.39 is 0 Å². The third kappa shape index (κ3) is 3.20. The Morgan fingerprint density at radius 2 is 2.29 bits per heavy atom. The summed E-state index contributed by atoms with van der Waals surface area (Å²) in [6, 6.07) is 5.40. The number of amides is 1. The number of halogens is 1. The fraction of sp³-hybridized carbons (Fsp3) is 0.462. The highest BCUT2D eigenvalue weighted by Gasteiger charge is 2.28. The maximum atomic E-state index is 11.9. The zero-order valence-electron chi connectivity index (χ0n) is 9.87. The maximum absolute atomic E-state index is 11.9. The Balaban J connectivity index is 1.96. The lowest BCUT2D eigenvalue weighted by Crippen LogP contribution is -2.38. The molecule has 3 N–H and O–H groups in total. The molecule has 1 aromatic rings. The van der Waals surface area contributed by atoms with Crippen molar-refractivity contribution in [2.24, 2.45) is 11.7 Å². The van der Waals surface area contributed by atoms with Gasteiger partial charge in [-0.25, -0.2) is 0 Å². The summed E-state index contributed by atoms with van der Waals surface area (Å²) >= 11 is 5.88. The number of aryl methyl sites for hydroxylation is 1. The van der Waals surface area contributed by atoms with Gasteiger partial charge in [-0.15, -0.1) is 0 Å². The molecule has 4 heteroatoms. The topological polar surface area (TPSA) is 55.1 Å². The van der Waals surface area contributed by atoms with E-state index in [2.05, 4.69) is 5.32 Å². The number of hydrogen-bond donors (Lipinski definition) is 2. The van der Waals surface area contributed by atoms with Crippen LogP contribution in [-0.4, -0.2) is 18.5 Å². The van der Waals surface area contributed by atoms with Crippen molar-refractivity contribution in [2.75, 3.05) is 6.54 Å². The minimum atomic E-state index is -0.0962. The van der Waals surface area contributed by atoms with Crippen molar-refractivity contribution in [2.45, 2.75) is 25.8 Å². The summed E-state index contributed by atoms with van der Waals surface area (Å²) < 4.78 is 0. The number of benzene rings is 1. The number of nitrogens with one attached hydrogen (secondary N) is 1. The molecule has 3 nitrogen and oxygen atoms in total. The van der Waals surface area contributed by atoms with E-state index in [-0.39, 0.29) is 11.9 Å². The first-order valence-electron chi connectivity index (χ1n) is 5.88. The van der Waals surface area contributed by atoms with Crippen molar-refractivity contribution in [3.05, 3.63) is 34.3 Å². The summed E-state index contributed by atoms with van der Waals surface area (Å²) in [7, 11) is 0. The lowest BCUT2D eigenvalue weighted by molar-refractivity contribution is 0.0949. The molecule has 0 bridgehead atoms. The van der Waals surface area contributed by atoms with Crippen LogP contribution in [-0.2, 0) is 0 Å². The van der Waals surface area contributed by atoms with Crippen molar-refractivity contribution >= 4 is 17.5 Å². The Bertz CT molecular complexity index is 429. The van der Waals surface area contributed by atoms with Crippen LogP contribution >= 0.6 is 11.6 Å². The number of rotatable bonds is 4. The Kier molecular flexibility index (Phi) is 3.69. The van der Waals surface area contributed by atoms with Crippen LogP contribution < -0.4 is 11.1 Å². The summed E-state index contributed by atoms with van der Waals surface area (Å²) in [5, 5.41) is 3.44. The van der Waals surface area contributed by atoms with Crippen LogP contribution in [0.2, 0.25) is 5.02 Å². The van der Waals surface area contributed by atoms with Gasteiger partial charge in [0, 0.05) is 23.2 Å². The van der Waals surface area contributed by atoms with Crippen molar-refractivity contribution < 1.29 is 4.79 Å². The first-order chi connectivity index (χ1) is 8.08. The van der Waals surface area contributed by atoms with Crippen LogP contribution in [0.5, 0.6) is 0 Å². The van der Waals surface area contributed by atoms with Crippen molar-refractivity contribution in [1.29, 1.82) is 0 Å². The second kappa shape index (κ2) is 5.07. The molecule has 0 saturated heterocycles. The van der Waals surface area contributed by atoms with Crippen molar-refractivity contribution in [3.63, 3.8) is 0 Å². The fourth-order valence-electron chi connectivity index (χ4n) is 1.84. The second-order valence-corrected chi connectivity index (χ2v) is 5.11. The van der Waals surface area contributed by atoms with E-state index in [1.54, 1.807) is 12.1 Å². The first kappa shape index (κ1) is 12.4. The van der Waals surface area contributed by atoms with Crippen LogP contribution in [0.1, 0.15) is 28.8 Å². The molecular weight excluding hydrogens is 236 g/mol. The largest absolute Gasteiger partial charge is 0.350 e. The van der Waals surface area contributed by atoms with E-state index in [9.17, 15) is 4.79 Å². The fourth-order valence-corrected chi connectivity index (χ4v) is 2.01. The molecule has 92 valence electrons. The minimum Gasteiger partial charge on any atom is -0.350 e. The Labute approximate surface area is 106 Å². The molecule has 1 unspecified atom stereocenters. The molecule has 1 aliphatic carbocycles. The molecule has 0 aliphatic heterocycles. The molecule has 1 fully saturated rings. The van der Waals surface area contributed by atoms with Crippen LogP contribution in [0.15, 0.2) is 18.2 Å². The summed E-state index contributed by atoms with van der Waals surface area (Å²) in [5.41, 5.74) is 7.48. The molecule has 2 rings (SSSR count). The van der Waals surface area contributed by atoms with Crippen LogP contribution in [0, 0.1) is 12.8 Å². The van der Waals surface area contributed by atoms with E-state index in [4.69, 9.17) is 17.3 Å². The van der Waals surface area contributed by atoms with E-state index in [1.807, 2.05) is 13.0 Å². The lowest BCUT2D eigenvalue weighted by Gasteiger charge is -2.12. The van der Waals surface area contributed by atoms with Gasteiger partial charge in [-0.3, -0.25) is 4.79 Å².